The maximum atomic E-state index is 6.09. The average Bonchev–Trinajstić information content (AvgIpc) is 2.85. The van der Waals surface area contributed by atoms with Gasteiger partial charge in [-0.3, -0.25) is 0 Å². The summed E-state index contributed by atoms with van der Waals surface area (Å²) in [5, 5.41) is 8.18. The van der Waals surface area contributed by atoms with E-state index < -0.39 is 0 Å². The van der Waals surface area contributed by atoms with E-state index in [2.05, 4.69) is 10.4 Å². The average molecular weight is 266 g/mol. The highest BCUT2D eigenvalue weighted by Crippen LogP contribution is 2.26. The van der Waals surface area contributed by atoms with E-state index in [1.807, 2.05) is 42.2 Å². The number of benzene rings is 1. The maximum absolute atomic E-state index is 6.09. The number of rotatable bonds is 5. The molecule has 0 spiro atoms. The fourth-order valence-corrected chi connectivity index (χ4v) is 1.94. The monoisotopic (exact) mass is 265 g/mol. The minimum Gasteiger partial charge on any atom is -0.495 e. The van der Waals surface area contributed by atoms with E-state index >= 15 is 0 Å². The smallest absolute Gasteiger partial charge is 0.137 e. The SMILES string of the molecule is CNCCc1ccn(-c2ccc(OC)c(Cl)c2)n1. The number of aromatic nitrogens is 2. The van der Waals surface area contributed by atoms with Crippen molar-refractivity contribution < 1.29 is 4.74 Å². The summed E-state index contributed by atoms with van der Waals surface area (Å²) in [6.45, 7) is 0.917. The Morgan fingerprint density at radius 2 is 2.22 bits per heavy atom. The van der Waals surface area contributed by atoms with Crippen LogP contribution < -0.4 is 10.1 Å². The highest BCUT2D eigenvalue weighted by molar-refractivity contribution is 6.32. The van der Waals surface area contributed by atoms with Gasteiger partial charge >= 0.3 is 0 Å². The first-order valence-corrected chi connectivity index (χ1v) is 6.15. The summed E-state index contributed by atoms with van der Waals surface area (Å²) in [6.07, 6.45) is 2.84. The molecule has 0 unspecified atom stereocenters. The number of halogens is 1. The predicted molar refractivity (Wildman–Crippen MR) is 72.8 cm³/mol. The van der Waals surface area contributed by atoms with E-state index in [0.29, 0.717) is 10.8 Å². The van der Waals surface area contributed by atoms with Gasteiger partial charge in [0.05, 0.1) is 23.5 Å². The van der Waals surface area contributed by atoms with E-state index in [4.69, 9.17) is 16.3 Å². The molecule has 0 saturated heterocycles. The lowest BCUT2D eigenvalue weighted by molar-refractivity contribution is 0.415. The molecule has 1 N–H and O–H groups in total. The molecule has 0 amide bonds. The van der Waals surface area contributed by atoms with Crippen LogP contribution >= 0.6 is 11.6 Å². The summed E-state index contributed by atoms with van der Waals surface area (Å²) in [7, 11) is 3.53. The fourth-order valence-electron chi connectivity index (χ4n) is 1.69. The van der Waals surface area contributed by atoms with E-state index in [-0.39, 0.29) is 0 Å². The minimum absolute atomic E-state index is 0.585. The number of nitrogens with zero attached hydrogens (tertiary/aromatic N) is 2. The summed E-state index contributed by atoms with van der Waals surface area (Å²) < 4.78 is 6.94. The van der Waals surface area contributed by atoms with E-state index in [1.165, 1.54) is 0 Å². The van der Waals surface area contributed by atoms with Crippen molar-refractivity contribution in [2.75, 3.05) is 20.7 Å². The molecule has 2 rings (SSSR count). The lowest BCUT2D eigenvalue weighted by Gasteiger charge is -2.06. The molecule has 0 aliphatic carbocycles. The van der Waals surface area contributed by atoms with Crippen LogP contribution in [0.2, 0.25) is 5.02 Å². The van der Waals surface area contributed by atoms with E-state index in [0.717, 1.165) is 24.3 Å². The van der Waals surface area contributed by atoms with Crippen molar-refractivity contribution in [3.05, 3.63) is 41.2 Å². The molecule has 1 aromatic heterocycles. The Balaban J connectivity index is 2.20. The van der Waals surface area contributed by atoms with Gasteiger partial charge in [-0.25, -0.2) is 4.68 Å². The summed E-state index contributed by atoms with van der Waals surface area (Å²) in [5.74, 6) is 0.669. The van der Waals surface area contributed by atoms with Crippen molar-refractivity contribution >= 4 is 11.6 Å². The Bertz CT molecular complexity index is 525. The molecular formula is C13H16ClN3O. The van der Waals surface area contributed by atoms with Crippen LogP contribution in [0.4, 0.5) is 0 Å². The highest BCUT2D eigenvalue weighted by atomic mass is 35.5. The van der Waals surface area contributed by atoms with Crippen LogP contribution in [0.15, 0.2) is 30.5 Å². The maximum Gasteiger partial charge on any atom is 0.137 e. The summed E-state index contributed by atoms with van der Waals surface area (Å²) in [6, 6.07) is 7.62. The molecule has 0 fully saturated rings. The molecule has 0 saturated carbocycles. The van der Waals surface area contributed by atoms with Gasteiger partial charge in [-0.15, -0.1) is 0 Å². The van der Waals surface area contributed by atoms with Crippen molar-refractivity contribution in [2.24, 2.45) is 0 Å². The number of nitrogens with one attached hydrogen (secondary N) is 1. The van der Waals surface area contributed by atoms with Crippen LogP contribution in [0.5, 0.6) is 5.75 Å². The van der Waals surface area contributed by atoms with Gasteiger partial charge in [-0.05, 0) is 31.3 Å². The van der Waals surface area contributed by atoms with E-state index in [1.54, 1.807) is 7.11 Å². The van der Waals surface area contributed by atoms with Gasteiger partial charge in [0.15, 0.2) is 0 Å². The Morgan fingerprint density at radius 3 is 2.89 bits per heavy atom. The van der Waals surface area contributed by atoms with Gasteiger partial charge in [0.2, 0.25) is 0 Å². The topological polar surface area (TPSA) is 39.1 Å². The first-order chi connectivity index (χ1) is 8.74. The van der Waals surface area contributed by atoms with Crippen LogP contribution in [0.1, 0.15) is 5.69 Å². The Morgan fingerprint density at radius 1 is 1.39 bits per heavy atom. The molecule has 0 aliphatic heterocycles. The van der Waals surface area contributed by atoms with Gasteiger partial charge in [0.25, 0.3) is 0 Å². The summed E-state index contributed by atoms with van der Waals surface area (Å²) in [5.41, 5.74) is 1.98. The van der Waals surface area contributed by atoms with Crippen LogP contribution in [-0.4, -0.2) is 30.5 Å². The number of methoxy groups -OCH3 is 1. The second kappa shape index (κ2) is 5.89. The molecule has 0 atom stereocenters. The van der Waals surface area contributed by atoms with Crippen LogP contribution in [0, 0.1) is 0 Å². The zero-order valence-electron chi connectivity index (χ0n) is 10.5. The highest BCUT2D eigenvalue weighted by Gasteiger charge is 2.05. The molecule has 96 valence electrons. The molecule has 2 aromatic rings. The first kappa shape index (κ1) is 12.9. The zero-order valence-corrected chi connectivity index (χ0v) is 11.2. The summed E-state index contributed by atoms with van der Waals surface area (Å²) in [4.78, 5) is 0. The third-order valence-corrected chi connectivity index (χ3v) is 2.97. The Hall–Kier alpha value is -1.52. The third-order valence-electron chi connectivity index (χ3n) is 2.68. The molecule has 0 aliphatic rings. The van der Waals surface area contributed by atoms with Crippen LogP contribution in [-0.2, 0) is 6.42 Å². The second-order valence-corrected chi connectivity index (χ2v) is 4.33. The van der Waals surface area contributed by atoms with Crippen LogP contribution in [0.3, 0.4) is 0 Å². The Kier molecular flexibility index (Phi) is 4.23. The molecule has 1 heterocycles. The van der Waals surface area contributed by atoms with Crippen molar-refractivity contribution in [1.29, 1.82) is 0 Å². The third kappa shape index (κ3) is 2.83. The lowest BCUT2D eigenvalue weighted by Crippen LogP contribution is -2.10. The van der Waals surface area contributed by atoms with Crippen molar-refractivity contribution in [1.82, 2.24) is 15.1 Å². The fraction of sp³-hybridized carbons (Fsp3) is 0.308. The molecule has 4 nitrogen and oxygen atoms in total. The standard InChI is InChI=1S/C13H16ClN3O/c1-15-7-5-10-6-8-17(16-10)11-3-4-13(18-2)12(14)9-11/h3-4,6,8-9,15H,5,7H2,1-2H3. The second-order valence-electron chi connectivity index (χ2n) is 3.92. The van der Waals surface area contributed by atoms with E-state index in [9.17, 15) is 0 Å². The molecule has 18 heavy (non-hydrogen) atoms. The number of hydrogen-bond acceptors (Lipinski definition) is 3. The quantitative estimate of drug-likeness (QED) is 0.902. The molecule has 5 heteroatoms. The van der Waals surface area contributed by atoms with Gasteiger partial charge in [-0.1, -0.05) is 11.6 Å². The number of likely N-dealkylation sites (N-methyl/N-ethyl adjacent to an activating group) is 1. The van der Waals surface area contributed by atoms with Crippen molar-refractivity contribution in [3.63, 3.8) is 0 Å². The first-order valence-electron chi connectivity index (χ1n) is 5.77. The molecular weight excluding hydrogens is 250 g/mol. The normalized spacial score (nSPS) is 10.6. The number of ether oxygens (including phenoxy) is 1. The van der Waals surface area contributed by atoms with Gasteiger partial charge in [0.1, 0.15) is 5.75 Å². The minimum atomic E-state index is 0.585. The zero-order chi connectivity index (χ0) is 13.0. The number of hydrogen-bond donors (Lipinski definition) is 1. The molecule has 0 radical (unpaired) electrons. The van der Waals surface area contributed by atoms with Crippen molar-refractivity contribution in [2.45, 2.75) is 6.42 Å². The molecule has 1 aromatic carbocycles. The van der Waals surface area contributed by atoms with Crippen molar-refractivity contribution in [3.8, 4) is 11.4 Å². The van der Waals surface area contributed by atoms with Gasteiger partial charge < -0.3 is 10.1 Å². The Labute approximate surface area is 112 Å². The van der Waals surface area contributed by atoms with Gasteiger partial charge in [-0.2, -0.15) is 5.10 Å². The predicted octanol–water partition coefficient (Wildman–Crippen LogP) is 2.30. The largest absolute Gasteiger partial charge is 0.495 e. The van der Waals surface area contributed by atoms with Gasteiger partial charge in [0, 0.05) is 19.2 Å². The van der Waals surface area contributed by atoms with Crippen LogP contribution in [0.25, 0.3) is 5.69 Å². The molecule has 0 bridgehead atoms. The lowest BCUT2D eigenvalue weighted by atomic mass is 10.3. The summed E-state index contributed by atoms with van der Waals surface area (Å²) >= 11 is 6.09.